The number of carbonyl (C=O) groups excluding carboxylic acids is 1. The van der Waals surface area contributed by atoms with Crippen molar-refractivity contribution in [3.05, 3.63) is 47.9 Å². The van der Waals surface area contributed by atoms with Crippen LogP contribution in [0.3, 0.4) is 0 Å². The van der Waals surface area contributed by atoms with Gasteiger partial charge in [-0.1, -0.05) is 19.1 Å². The number of carbonyl (C=O) groups is 1. The van der Waals surface area contributed by atoms with Crippen LogP contribution in [-0.2, 0) is 6.42 Å². The zero-order valence-corrected chi connectivity index (χ0v) is 13.7. The van der Waals surface area contributed by atoms with Gasteiger partial charge < -0.3 is 10.3 Å². The van der Waals surface area contributed by atoms with Gasteiger partial charge in [0.15, 0.2) is 5.65 Å². The Morgan fingerprint density at radius 2 is 2.17 bits per heavy atom. The smallest absolute Gasteiger partial charge is 0.251 e. The highest BCUT2D eigenvalue weighted by atomic mass is 16.1. The van der Waals surface area contributed by atoms with E-state index in [4.69, 9.17) is 0 Å². The molecule has 0 aliphatic heterocycles. The lowest BCUT2D eigenvalue weighted by atomic mass is 9.93. The van der Waals surface area contributed by atoms with Crippen LogP contribution in [0.5, 0.6) is 0 Å². The number of aromatic nitrogens is 3. The van der Waals surface area contributed by atoms with Crippen LogP contribution in [0.15, 0.2) is 36.5 Å². The number of fused-ring (bicyclic) bond motifs is 1. The van der Waals surface area contributed by atoms with Crippen molar-refractivity contribution < 1.29 is 4.79 Å². The molecule has 0 saturated heterocycles. The second-order valence-electron chi connectivity index (χ2n) is 6.31. The monoisotopic (exact) mass is 320 g/mol. The van der Waals surface area contributed by atoms with Crippen molar-refractivity contribution in [2.75, 3.05) is 0 Å². The average Bonchev–Trinajstić information content (AvgIpc) is 3.00. The minimum absolute atomic E-state index is 0.00500. The number of nitrogens with zero attached hydrogens (tertiary/aromatic N) is 2. The maximum Gasteiger partial charge on any atom is 0.251 e. The molecule has 2 heterocycles. The molecule has 2 aromatic heterocycles. The molecular weight excluding hydrogens is 300 g/mol. The molecule has 122 valence electrons. The van der Waals surface area contributed by atoms with Gasteiger partial charge in [-0.15, -0.1) is 0 Å². The summed E-state index contributed by atoms with van der Waals surface area (Å²) in [5, 5.41) is 3.08. The summed E-state index contributed by atoms with van der Waals surface area (Å²) in [6, 6.07) is 10.1. The zero-order valence-electron chi connectivity index (χ0n) is 13.7. The van der Waals surface area contributed by atoms with Gasteiger partial charge in [-0.3, -0.25) is 4.79 Å². The molecular formula is C19H20N4O. The second-order valence-corrected chi connectivity index (χ2v) is 6.31. The number of hydrogen-bond acceptors (Lipinski definition) is 3. The molecule has 5 heteroatoms. The third kappa shape index (κ3) is 2.77. The Kier molecular flexibility index (Phi) is 3.76. The number of imidazole rings is 1. The summed E-state index contributed by atoms with van der Waals surface area (Å²) in [7, 11) is 0. The largest absolute Gasteiger partial charge is 0.349 e. The second kappa shape index (κ2) is 6.07. The molecule has 4 rings (SSSR count). The molecule has 3 aromatic rings. The van der Waals surface area contributed by atoms with Crippen molar-refractivity contribution in [1.82, 2.24) is 20.3 Å². The van der Waals surface area contributed by atoms with Gasteiger partial charge in [0.1, 0.15) is 5.82 Å². The highest BCUT2D eigenvalue weighted by molar-refractivity contribution is 5.95. The van der Waals surface area contributed by atoms with E-state index in [-0.39, 0.29) is 5.91 Å². The number of rotatable bonds is 4. The van der Waals surface area contributed by atoms with Crippen molar-refractivity contribution in [1.29, 1.82) is 0 Å². The Hall–Kier alpha value is -2.69. The lowest BCUT2D eigenvalue weighted by Gasteiger charge is -2.26. The van der Waals surface area contributed by atoms with E-state index in [1.807, 2.05) is 36.5 Å². The van der Waals surface area contributed by atoms with Gasteiger partial charge >= 0.3 is 0 Å². The van der Waals surface area contributed by atoms with Crippen molar-refractivity contribution in [3.63, 3.8) is 0 Å². The van der Waals surface area contributed by atoms with E-state index in [1.165, 1.54) is 6.42 Å². The predicted octanol–water partition coefficient (Wildman–Crippen LogP) is 3.47. The highest BCUT2D eigenvalue weighted by Crippen LogP contribution is 2.24. The molecule has 5 nitrogen and oxygen atoms in total. The number of benzene rings is 1. The molecule has 1 amide bonds. The molecule has 2 N–H and O–H groups in total. The number of aryl methyl sites for hydroxylation is 1. The quantitative estimate of drug-likeness (QED) is 0.773. The first-order valence-corrected chi connectivity index (χ1v) is 8.49. The average molecular weight is 320 g/mol. The lowest BCUT2D eigenvalue weighted by Crippen LogP contribution is -2.39. The van der Waals surface area contributed by atoms with Crippen molar-refractivity contribution in [2.24, 2.45) is 0 Å². The van der Waals surface area contributed by atoms with E-state index in [2.05, 4.69) is 27.2 Å². The number of aromatic amines is 1. The minimum atomic E-state index is 0.00500. The highest BCUT2D eigenvalue weighted by Gasteiger charge is 2.20. The molecule has 1 saturated carbocycles. The van der Waals surface area contributed by atoms with E-state index in [9.17, 15) is 4.79 Å². The van der Waals surface area contributed by atoms with Crippen LogP contribution in [0, 0.1) is 0 Å². The number of hydrogen-bond donors (Lipinski definition) is 2. The summed E-state index contributed by atoms with van der Waals surface area (Å²) < 4.78 is 0. The van der Waals surface area contributed by atoms with Gasteiger partial charge in [0.25, 0.3) is 5.91 Å². The van der Waals surface area contributed by atoms with E-state index in [0.717, 1.165) is 47.4 Å². The van der Waals surface area contributed by atoms with Gasteiger partial charge in [-0.2, -0.15) is 0 Å². The summed E-state index contributed by atoms with van der Waals surface area (Å²) >= 11 is 0. The Morgan fingerprint density at radius 3 is 2.92 bits per heavy atom. The first kappa shape index (κ1) is 14.9. The molecule has 1 aromatic carbocycles. The van der Waals surface area contributed by atoms with Crippen LogP contribution in [0.25, 0.3) is 22.3 Å². The van der Waals surface area contributed by atoms with Crippen LogP contribution < -0.4 is 5.32 Å². The third-order valence-corrected chi connectivity index (χ3v) is 4.62. The van der Waals surface area contributed by atoms with Crippen molar-refractivity contribution >= 4 is 17.1 Å². The molecule has 1 fully saturated rings. The summed E-state index contributed by atoms with van der Waals surface area (Å²) in [6.45, 7) is 2.06. The molecule has 1 aliphatic carbocycles. The standard InChI is InChI=1S/C19H20N4O/c1-2-17-22-16-10-14(11-20-18(16)23-17)12-5-3-6-13(9-12)19(24)21-15-7-4-8-15/h3,5-6,9-11,15H,2,4,7-8H2,1H3,(H,21,24)(H,20,22,23). The minimum Gasteiger partial charge on any atom is -0.349 e. The van der Waals surface area contributed by atoms with Gasteiger partial charge in [-0.25, -0.2) is 9.97 Å². The number of nitrogens with one attached hydrogen (secondary N) is 2. The van der Waals surface area contributed by atoms with Gasteiger partial charge in [0.05, 0.1) is 5.52 Å². The normalized spacial score (nSPS) is 14.5. The fourth-order valence-corrected chi connectivity index (χ4v) is 2.94. The summed E-state index contributed by atoms with van der Waals surface area (Å²) in [5.41, 5.74) is 4.31. The molecule has 0 atom stereocenters. The van der Waals surface area contributed by atoms with Crippen LogP contribution >= 0.6 is 0 Å². The molecule has 1 aliphatic rings. The molecule has 0 unspecified atom stereocenters. The van der Waals surface area contributed by atoms with Gasteiger partial charge in [0.2, 0.25) is 0 Å². The fraction of sp³-hybridized carbons (Fsp3) is 0.316. The van der Waals surface area contributed by atoms with Crippen molar-refractivity contribution in [2.45, 2.75) is 38.6 Å². The van der Waals surface area contributed by atoms with Crippen molar-refractivity contribution in [3.8, 4) is 11.1 Å². The van der Waals surface area contributed by atoms with Crippen LogP contribution in [-0.4, -0.2) is 26.9 Å². The van der Waals surface area contributed by atoms with Gasteiger partial charge in [-0.05, 0) is 43.0 Å². The molecule has 0 spiro atoms. The fourth-order valence-electron chi connectivity index (χ4n) is 2.94. The summed E-state index contributed by atoms with van der Waals surface area (Å²) in [6.07, 6.45) is 6.05. The Balaban J connectivity index is 1.63. The first-order chi connectivity index (χ1) is 11.7. The van der Waals surface area contributed by atoms with E-state index in [1.54, 1.807) is 0 Å². The molecule has 0 bridgehead atoms. The Morgan fingerprint density at radius 1 is 1.29 bits per heavy atom. The Bertz CT molecular complexity index is 895. The third-order valence-electron chi connectivity index (χ3n) is 4.62. The zero-order chi connectivity index (χ0) is 16.5. The maximum atomic E-state index is 12.3. The number of pyridine rings is 1. The number of amides is 1. The van der Waals surface area contributed by atoms with E-state index < -0.39 is 0 Å². The maximum absolute atomic E-state index is 12.3. The van der Waals surface area contributed by atoms with Gasteiger partial charge in [0, 0.05) is 29.8 Å². The SMILES string of the molecule is CCc1nc2ncc(-c3cccc(C(=O)NC4CCC4)c3)cc2[nH]1. The van der Waals surface area contributed by atoms with E-state index in [0.29, 0.717) is 11.6 Å². The first-order valence-electron chi connectivity index (χ1n) is 8.49. The van der Waals surface area contributed by atoms with Crippen LogP contribution in [0.2, 0.25) is 0 Å². The predicted molar refractivity (Wildman–Crippen MR) is 93.8 cm³/mol. The lowest BCUT2D eigenvalue weighted by molar-refractivity contribution is 0.0917. The van der Waals surface area contributed by atoms with Crippen LogP contribution in [0.1, 0.15) is 42.4 Å². The molecule has 24 heavy (non-hydrogen) atoms. The Labute approximate surface area is 140 Å². The summed E-state index contributed by atoms with van der Waals surface area (Å²) in [5.74, 6) is 0.939. The van der Waals surface area contributed by atoms with E-state index >= 15 is 0 Å². The van der Waals surface area contributed by atoms with Crippen LogP contribution in [0.4, 0.5) is 0 Å². The number of H-pyrrole nitrogens is 1. The molecule has 0 radical (unpaired) electrons. The topological polar surface area (TPSA) is 70.7 Å². The summed E-state index contributed by atoms with van der Waals surface area (Å²) in [4.78, 5) is 24.5.